The molecule has 198 valence electrons. The predicted molar refractivity (Wildman–Crippen MR) is 132 cm³/mol. The molecule has 0 radical (unpaired) electrons. The first-order valence-corrected chi connectivity index (χ1v) is 12.6. The Morgan fingerprint density at radius 2 is 2.05 bits per heavy atom. The van der Waals surface area contributed by atoms with Crippen LogP contribution < -0.4 is 5.76 Å². The molecule has 37 heavy (non-hydrogen) atoms. The molecule has 2 aliphatic rings. The summed E-state index contributed by atoms with van der Waals surface area (Å²) >= 11 is 3.56. The monoisotopic (exact) mass is 582 g/mol. The largest absolute Gasteiger partial charge is 0.419 e. The molecule has 4 heterocycles. The number of oxazole rings is 1. The van der Waals surface area contributed by atoms with Crippen LogP contribution in [0.5, 0.6) is 0 Å². The lowest BCUT2D eigenvalue weighted by Crippen LogP contribution is -2.49. The van der Waals surface area contributed by atoms with Gasteiger partial charge in [-0.2, -0.15) is 13.2 Å². The van der Waals surface area contributed by atoms with Crippen LogP contribution in [0.1, 0.15) is 28.8 Å². The Morgan fingerprint density at radius 3 is 2.78 bits per heavy atom. The van der Waals surface area contributed by atoms with E-state index in [1.54, 1.807) is 25.1 Å². The van der Waals surface area contributed by atoms with Gasteiger partial charge in [-0.3, -0.25) is 19.2 Å². The van der Waals surface area contributed by atoms with E-state index >= 15 is 0 Å². The van der Waals surface area contributed by atoms with Crippen molar-refractivity contribution in [2.75, 3.05) is 33.4 Å². The second-order valence-electron chi connectivity index (χ2n) is 9.82. The number of aromatic nitrogens is 2. The summed E-state index contributed by atoms with van der Waals surface area (Å²) in [7, 11) is 3.20. The van der Waals surface area contributed by atoms with Crippen molar-refractivity contribution in [2.45, 2.75) is 32.1 Å². The lowest BCUT2D eigenvalue weighted by molar-refractivity contribution is -0.145. The van der Waals surface area contributed by atoms with Crippen LogP contribution in [-0.4, -0.2) is 58.6 Å². The molecule has 1 unspecified atom stereocenters. The molecule has 1 amide bonds. The van der Waals surface area contributed by atoms with Crippen LogP contribution in [-0.2, 0) is 42.3 Å². The van der Waals surface area contributed by atoms with E-state index in [9.17, 15) is 22.8 Å². The molecule has 1 saturated heterocycles. The van der Waals surface area contributed by atoms with Crippen LogP contribution in [0.3, 0.4) is 0 Å². The SMILES string of the molecule is COCC1(C(=O)N2CCc3ncc(C(F)(F)F)cc3C2)CCN(Cc2cc3c(cc2Br)oc(=O)n3C)C1. The van der Waals surface area contributed by atoms with Crippen molar-refractivity contribution in [3.05, 3.63) is 61.8 Å². The minimum atomic E-state index is -4.49. The lowest BCUT2D eigenvalue weighted by Gasteiger charge is -2.36. The maximum atomic E-state index is 13.8. The van der Waals surface area contributed by atoms with Crippen LogP contribution in [0.2, 0.25) is 0 Å². The Kier molecular flexibility index (Phi) is 6.70. The number of fused-ring (bicyclic) bond motifs is 2. The molecular formula is C25H26BrF3N4O4. The maximum absolute atomic E-state index is 13.8. The highest BCUT2D eigenvalue weighted by Crippen LogP contribution is 2.37. The molecule has 12 heteroatoms. The highest BCUT2D eigenvalue weighted by molar-refractivity contribution is 9.10. The molecular weight excluding hydrogens is 557 g/mol. The van der Waals surface area contributed by atoms with E-state index in [1.165, 1.54) is 4.57 Å². The van der Waals surface area contributed by atoms with Crippen molar-refractivity contribution < 1.29 is 27.1 Å². The van der Waals surface area contributed by atoms with E-state index < -0.39 is 22.9 Å². The fraction of sp³-hybridized carbons (Fsp3) is 0.480. The third kappa shape index (κ3) is 4.82. The van der Waals surface area contributed by atoms with E-state index in [-0.39, 0.29) is 19.1 Å². The van der Waals surface area contributed by atoms with Crippen molar-refractivity contribution in [3.63, 3.8) is 0 Å². The zero-order valence-corrected chi connectivity index (χ0v) is 22.0. The van der Waals surface area contributed by atoms with E-state index in [2.05, 4.69) is 25.8 Å². The van der Waals surface area contributed by atoms with Crippen molar-refractivity contribution in [2.24, 2.45) is 12.5 Å². The van der Waals surface area contributed by atoms with Gasteiger partial charge in [0.15, 0.2) is 5.58 Å². The van der Waals surface area contributed by atoms with Gasteiger partial charge in [-0.15, -0.1) is 0 Å². The lowest BCUT2D eigenvalue weighted by atomic mass is 9.85. The van der Waals surface area contributed by atoms with Crippen LogP contribution in [0.15, 0.2) is 38.1 Å². The fourth-order valence-corrected chi connectivity index (χ4v) is 5.82. The highest BCUT2D eigenvalue weighted by atomic mass is 79.9. The Bertz CT molecular complexity index is 1420. The first-order valence-electron chi connectivity index (χ1n) is 11.8. The maximum Gasteiger partial charge on any atom is 0.419 e. The van der Waals surface area contributed by atoms with Gasteiger partial charge in [-0.05, 0) is 42.3 Å². The molecule has 2 aromatic heterocycles. The fourth-order valence-electron chi connectivity index (χ4n) is 5.37. The van der Waals surface area contributed by atoms with Crippen molar-refractivity contribution in [1.82, 2.24) is 19.4 Å². The topological polar surface area (TPSA) is 80.8 Å². The van der Waals surface area contributed by atoms with Crippen LogP contribution in [0.4, 0.5) is 13.2 Å². The minimum absolute atomic E-state index is 0.0906. The Hall–Kier alpha value is -2.70. The number of hydrogen-bond donors (Lipinski definition) is 0. The zero-order chi connectivity index (χ0) is 26.5. The molecule has 0 spiro atoms. The Labute approximate surface area is 219 Å². The number of aryl methyl sites for hydroxylation is 1. The van der Waals surface area contributed by atoms with E-state index in [1.807, 2.05) is 6.07 Å². The van der Waals surface area contributed by atoms with Gasteiger partial charge in [0.1, 0.15) is 0 Å². The normalized spacial score (nSPS) is 20.5. The summed E-state index contributed by atoms with van der Waals surface area (Å²) in [6, 6.07) is 4.77. The third-order valence-corrected chi connectivity index (χ3v) is 8.05. The van der Waals surface area contributed by atoms with Gasteiger partial charge in [-0.1, -0.05) is 15.9 Å². The van der Waals surface area contributed by atoms with Gasteiger partial charge >= 0.3 is 11.9 Å². The van der Waals surface area contributed by atoms with Crippen molar-refractivity contribution in [1.29, 1.82) is 0 Å². The number of methoxy groups -OCH3 is 1. The molecule has 1 fully saturated rings. The number of carbonyl (C=O) groups is 1. The summed E-state index contributed by atoms with van der Waals surface area (Å²) in [5.74, 6) is -0.558. The number of amides is 1. The number of benzene rings is 1. The van der Waals surface area contributed by atoms with Gasteiger partial charge < -0.3 is 14.1 Å². The highest BCUT2D eigenvalue weighted by Gasteiger charge is 2.47. The van der Waals surface area contributed by atoms with Gasteiger partial charge in [0.25, 0.3) is 0 Å². The predicted octanol–water partition coefficient (Wildman–Crippen LogP) is 3.73. The number of carbonyl (C=O) groups excluding carboxylic acids is 1. The molecule has 0 aliphatic carbocycles. The summed E-state index contributed by atoms with van der Waals surface area (Å²) in [5.41, 5.74) is 1.53. The van der Waals surface area contributed by atoms with Crippen LogP contribution >= 0.6 is 15.9 Å². The molecule has 2 aliphatic heterocycles. The van der Waals surface area contributed by atoms with Crippen LogP contribution in [0, 0.1) is 5.41 Å². The summed E-state index contributed by atoms with van der Waals surface area (Å²) in [4.78, 5) is 33.5. The molecule has 1 aromatic carbocycles. The number of nitrogens with zero attached hydrogens (tertiary/aromatic N) is 4. The smallest absolute Gasteiger partial charge is 0.408 e. The van der Waals surface area contributed by atoms with E-state index in [0.29, 0.717) is 61.4 Å². The summed E-state index contributed by atoms with van der Waals surface area (Å²) in [6.45, 7) is 2.33. The number of hydrogen-bond acceptors (Lipinski definition) is 6. The summed E-state index contributed by atoms with van der Waals surface area (Å²) < 4.78 is 52.6. The summed E-state index contributed by atoms with van der Waals surface area (Å²) in [5, 5.41) is 0. The average Bonchev–Trinajstić information content (AvgIpc) is 3.38. The van der Waals surface area contributed by atoms with Crippen LogP contribution in [0.25, 0.3) is 11.1 Å². The number of ether oxygens (including phenoxy) is 1. The molecule has 0 saturated carbocycles. The summed E-state index contributed by atoms with van der Waals surface area (Å²) in [6.07, 6.45) is -2.66. The average molecular weight is 583 g/mol. The zero-order valence-electron chi connectivity index (χ0n) is 20.4. The molecule has 0 N–H and O–H groups in total. The van der Waals surface area contributed by atoms with Gasteiger partial charge in [0.05, 0.1) is 23.1 Å². The van der Waals surface area contributed by atoms with Crippen molar-refractivity contribution in [3.8, 4) is 0 Å². The molecule has 5 rings (SSSR count). The first-order chi connectivity index (χ1) is 17.5. The standard InChI is InChI=1S/C25H26BrF3N4O4/c1-31-20-8-15(18(26)9-21(20)37-23(31)35)11-32-6-4-24(13-32,14-36-2)22(34)33-5-3-19-16(12-33)7-17(10-30-19)25(27,28)29/h7-10H,3-6,11-14H2,1-2H3. The number of halogens is 4. The second kappa shape index (κ2) is 9.55. The Morgan fingerprint density at radius 1 is 1.27 bits per heavy atom. The molecule has 3 aromatic rings. The third-order valence-electron chi connectivity index (χ3n) is 7.32. The molecule has 0 bridgehead atoms. The molecule has 1 atom stereocenters. The molecule has 8 nitrogen and oxygen atoms in total. The van der Waals surface area contributed by atoms with E-state index in [0.717, 1.165) is 22.3 Å². The second-order valence-corrected chi connectivity index (χ2v) is 10.7. The van der Waals surface area contributed by atoms with Gasteiger partial charge in [0, 0.05) is 63.1 Å². The number of pyridine rings is 1. The Balaban J connectivity index is 1.35. The van der Waals surface area contributed by atoms with E-state index in [4.69, 9.17) is 9.15 Å². The first kappa shape index (κ1) is 25.9. The number of likely N-dealkylation sites (tertiary alicyclic amines) is 1. The van der Waals surface area contributed by atoms with Gasteiger partial charge in [0.2, 0.25) is 5.91 Å². The van der Waals surface area contributed by atoms with Crippen molar-refractivity contribution >= 4 is 32.9 Å². The number of alkyl halides is 3. The quantitative estimate of drug-likeness (QED) is 0.456. The van der Waals surface area contributed by atoms with Gasteiger partial charge in [-0.25, -0.2) is 4.79 Å². The minimum Gasteiger partial charge on any atom is -0.408 e. The number of rotatable bonds is 5.